The van der Waals surface area contributed by atoms with E-state index in [1.54, 1.807) is 12.1 Å². The summed E-state index contributed by atoms with van der Waals surface area (Å²) in [6, 6.07) is 7.27. The number of nitro benzene ring substituents is 1. The Hall–Kier alpha value is -2.84. The second-order valence-electron chi connectivity index (χ2n) is 6.34. The predicted molar refractivity (Wildman–Crippen MR) is 104 cm³/mol. The highest BCUT2D eigenvalue weighted by molar-refractivity contribution is 6.35. The lowest BCUT2D eigenvalue weighted by Gasteiger charge is -2.32. The third kappa shape index (κ3) is 4.35. The molecule has 2 aromatic rings. The smallest absolute Gasteiger partial charge is 0.326 e. The second kappa shape index (κ2) is 8.04. The molecule has 2 atom stereocenters. The van der Waals surface area contributed by atoms with Crippen molar-refractivity contribution in [3.8, 4) is 0 Å². The number of benzene rings is 2. The number of hydrogen-bond donors (Lipinski definition) is 3. The fourth-order valence-electron chi connectivity index (χ4n) is 3.16. The number of carboxylic acid groups (broad SMARTS) is 1. The number of non-ortho nitro benzene ring substituents is 1. The summed E-state index contributed by atoms with van der Waals surface area (Å²) in [5.74, 6) is -1.48. The molecular weight excluding hydrogens is 409 g/mol. The zero-order valence-electron chi connectivity index (χ0n) is 14.3. The lowest BCUT2D eigenvalue weighted by Crippen LogP contribution is -2.41. The number of rotatable bonds is 5. The Morgan fingerprint density at radius 3 is 2.71 bits per heavy atom. The molecule has 0 spiro atoms. The van der Waals surface area contributed by atoms with Crippen LogP contribution >= 0.6 is 23.2 Å². The number of carbonyl (C=O) groups excluding carboxylic acids is 1. The minimum absolute atomic E-state index is 0.0877. The Bertz CT molecular complexity index is 966. The van der Waals surface area contributed by atoms with Crippen LogP contribution < -0.4 is 10.6 Å². The molecule has 0 aromatic heterocycles. The summed E-state index contributed by atoms with van der Waals surface area (Å²) in [4.78, 5) is 34.3. The lowest BCUT2D eigenvalue weighted by atomic mass is 9.92. The first-order chi connectivity index (χ1) is 13.2. The highest BCUT2D eigenvalue weighted by Gasteiger charge is 2.33. The molecule has 0 fully saturated rings. The van der Waals surface area contributed by atoms with Gasteiger partial charge in [0.05, 0.1) is 17.4 Å². The van der Waals surface area contributed by atoms with Gasteiger partial charge in [0.25, 0.3) is 5.69 Å². The first kappa shape index (κ1) is 19.9. The molecule has 0 bridgehead atoms. The molecule has 10 heteroatoms. The van der Waals surface area contributed by atoms with Gasteiger partial charge in [0.15, 0.2) is 0 Å². The third-order valence-corrected chi connectivity index (χ3v) is 4.89. The number of carboxylic acids is 1. The molecular formula is C18H15Cl2N3O5. The van der Waals surface area contributed by atoms with Crippen LogP contribution in [0.15, 0.2) is 36.4 Å². The van der Waals surface area contributed by atoms with E-state index in [1.807, 2.05) is 0 Å². The van der Waals surface area contributed by atoms with Crippen molar-refractivity contribution in [3.63, 3.8) is 0 Å². The van der Waals surface area contributed by atoms with Crippen LogP contribution in [0.5, 0.6) is 0 Å². The van der Waals surface area contributed by atoms with Crippen molar-refractivity contribution in [3.05, 3.63) is 67.7 Å². The average Bonchev–Trinajstić information content (AvgIpc) is 2.60. The van der Waals surface area contributed by atoms with Crippen LogP contribution in [-0.4, -0.2) is 27.9 Å². The molecule has 0 radical (unpaired) electrons. The number of carbonyl (C=O) groups is 2. The Morgan fingerprint density at radius 1 is 1.29 bits per heavy atom. The molecule has 0 aliphatic carbocycles. The van der Waals surface area contributed by atoms with Crippen molar-refractivity contribution < 1.29 is 19.6 Å². The van der Waals surface area contributed by atoms with Crippen molar-refractivity contribution >= 4 is 46.5 Å². The largest absolute Gasteiger partial charge is 0.480 e. The number of nitrogens with one attached hydrogen (secondary N) is 2. The highest BCUT2D eigenvalue weighted by atomic mass is 35.5. The maximum Gasteiger partial charge on any atom is 0.326 e. The van der Waals surface area contributed by atoms with Crippen molar-refractivity contribution in [1.29, 1.82) is 0 Å². The molecule has 1 amide bonds. The van der Waals surface area contributed by atoms with Gasteiger partial charge in [-0.2, -0.15) is 0 Å². The van der Waals surface area contributed by atoms with Crippen LogP contribution in [0.2, 0.25) is 10.0 Å². The first-order valence-electron chi connectivity index (χ1n) is 8.25. The zero-order chi connectivity index (χ0) is 20.4. The van der Waals surface area contributed by atoms with Crippen LogP contribution in [0, 0.1) is 10.1 Å². The molecule has 2 unspecified atom stereocenters. The number of nitrogens with zero attached hydrogens (tertiary/aromatic N) is 1. The Balaban J connectivity index is 1.83. The van der Waals surface area contributed by atoms with Gasteiger partial charge in [0, 0.05) is 39.8 Å². The summed E-state index contributed by atoms with van der Waals surface area (Å²) in [5.41, 5.74) is 1.35. The molecule has 3 rings (SSSR count). The number of hydrogen-bond acceptors (Lipinski definition) is 5. The summed E-state index contributed by atoms with van der Waals surface area (Å²) >= 11 is 12.3. The van der Waals surface area contributed by atoms with Crippen LogP contribution in [0.25, 0.3) is 0 Å². The summed E-state index contributed by atoms with van der Waals surface area (Å²) in [6.07, 6.45) is -0.00570. The first-order valence-corrected chi connectivity index (χ1v) is 9.01. The molecule has 28 heavy (non-hydrogen) atoms. The van der Waals surface area contributed by atoms with Gasteiger partial charge in [-0.25, -0.2) is 4.79 Å². The second-order valence-corrected chi connectivity index (χ2v) is 7.19. The SMILES string of the molecule is O=C(Cc1cccc([N+](=O)[O-])c1)NC1CC(C(=O)O)Nc2cc(Cl)cc(Cl)c21. The molecule has 0 saturated carbocycles. The van der Waals surface area contributed by atoms with E-state index in [2.05, 4.69) is 10.6 Å². The monoisotopic (exact) mass is 423 g/mol. The third-order valence-electron chi connectivity index (χ3n) is 4.36. The van der Waals surface area contributed by atoms with Crippen molar-refractivity contribution in [2.24, 2.45) is 0 Å². The topological polar surface area (TPSA) is 122 Å². The lowest BCUT2D eigenvalue weighted by molar-refractivity contribution is -0.384. The number of aliphatic carboxylic acids is 1. The van der Waals surface area contributed by atoms with Gasteiger partial charge in [0.1, 0.15) is 6.04 Å². The molecule has 0 saturated heterocycles. The molecule has 8 nitrogen and oxygen atoms in total. The van der Waals surface area contributed by atoms with Crippen LogP contribution in [0.1, 0.15) is 23.6 Å². The average molecular weight is 424 g/mol. The van der Waals surface area contributed by atoms with E-state index < -0.39 is 28.9 Å². The maximum atomic E-state index is 12.5. The van der Waals surface area contributed by atoms with Gasteiger partial charge in [0.2, 0.25) is 5.91 Å². The number of fused-ring (bicyclic) bond motifs is 1. The zero-order valence-corrected chi connectivity index (χ0v) is 15.8. The van der Waals surface area contributed by atoms with Gasteiger partial charge in [-0.3, -0.25) is 14.9 Å². The van der Waals surface area contributed by atoms with E-state index in [9.17, 15) is 24.8 Å². The molecule has 146 valence electrons. The Morgan fingerprint density at radius 2 is 2.04 bits per heavy atom. The van der Waals surface area contributed by atoms with Crippen molar-refractivity contribution in [1.82, 2.24) is 5.32 Å². The fraction of sp³-hybridized carbons (Fsp3) is 0.222. The van der Waals surface area contributed by atoms with Gasteiger partial charge in [-0.1, -0.05) is 35.3 Å². The molecule has 2 aromatic carbocycles. The van der Waals surface area contributed by atoms with Crippen LogP contribution in [-0.2, 0) is 16.0 Å². The minimum Gasteiger partial charge on any atom is -0.480 e. The van der Waals surface area contributed by atoms with E-state index >= 15 is 0 Å². The number of halogens is 2. The van der Waals surface area contributed by atoms with Gasteiger partial charge < -0.3 is 15.7 Å². The molecule has 1 aliphatic heterocycles. The van der Waals surface area contributed by atoms with Crippen LogP contribution in [0.3, 0.4) is 0 Å². The Kier molecular flexibility index (Phi) is 5.71. The minimum atomic E-state index is -1.07. The normalized spacial score (nSPS) is 17.9. The number of anilines is 1. The summed E-state index contributed by atoms with van der Waals surface area (Å²) < 4.78 is 0. The van der Waals surface area contributed by atoms with Crippen LogP contribution in [0.4, 0.5) is 11.4 Å². The summed E-state index contributed by atoms with van der Waals surface area (Å²) in [5, 5.41) is 26.5. The predicted octanol–water partition coefficient (Wildman–Crippen LogP) is 3.57. The Labute approximate surface area is 169 Å². The number of amides is 1. The molecule has 1 aliphatic rings. The summed E-state index contributed by atoms with van der Waals surface area (Å²) in [6.45, 7) is 0. The highest BCUT2D eigenvalue weighted by Crippen LogP contribution is 2.39. The molecule has 3 N–H and O–H groups in total. The standard InChI is InChI=1S/C18H15Cl2N3O5/c19-10-6-12(20)17-13(7-10)21-15(18(25)26)8-14(17)22-16(24)5-9-2-1-3-11(4-9)23(27)28/h1-4,6-7,14-15,21H,5,8H2,(H,22,24)(H,25,26). The maximum absolute atomic E-state index is 12.5. The van der Waals surface area contributed by atoms with E-state index in [4.69, 9.17) is 23.2 Å². The van der Waals surface area contributed by atoms with Gasteiger partial charge in [-0.05, 0) is 17.7 Å². The van der Waals surface area contributed by atoms with E-state index in [-0.39, 0.29) is 18.5 Å². The van der Waals surface area contributed by atoms with E-state index in [0.29, 0.717) is 26.9 Å². The van der Waals surface area contributed by atoms with E-state index in [1.165, 1.54) is 24.3 Å². The van der Waals surface area contributed by atoms with E-state index in [0.717, 1.165) is 0 Å². The van der Waals surface area contributed by atoms with Gasteiger partial charge >= 0.3 is 5.97 Å². The van der Waals surface area contributed by atoms with Crippen molar-refractivity contribution in [2.75, 3.05) is 5.32 Å². The molecule has 1 heterocycles. The number of nitro groups is 1. The fourth-order valence-corrected chi connectivity index (χ4v) is 3.79. The summed E-state index contributed by atoms with van der Waals surface area (Å²) in [7, 11) is 0. The van der Waals surface area contributed by atoms with Crippen molar-refractivity contribution in [2.45, 2.75) is 24.9 Å². The quantitative estimate of drug-likeness (QED) is 0.499. The van der Waals surface area contributed by atoms with Gasteiger partial charge in [-0.15, -0.1) is 0 Å².